The minimum absolute atomic E-state index is 0.0426. The number of amides is 1. The van der Waals surface area contributed by atoms with E-state index in [1.165, 1.54) is 11.8 Å². The van der Waals surface area contributed by atoms with Crippen LogP contribution in [-0.2, 0) is 11.0 Å². The van der Waals surface area contributed by atoms with Gasteiger partial charge in [-0.15, -0.1) is 11.8 Å². The number of hydrazone groups is 1. The first-order chi connectivity index (χ1) is 14.1. The molecular formula is C21H15Cl2F3N2OS. The lowest BCUT2D eigenvalue weighted by atomic mass is 9.97. The summed E-state index contributed by atoms with van der Waals surface area (Å²) in [6.45, 7) is 1.73. The van der Waals surface area contributed by atoms with Crippen molar-refractivity contribution >= 4 is 52.3 Å². The first-order valence-corrected chi connectivity index (χ1v) is 10.6. The van der Waals surface area contributed by atoms with Crippen molar-refractivity contribution in [1.29, 1.82) is 0 Å². The zero-order valence-electron chi connectivity index (χ0n) is 15.6. The van der Waals surface area contributed by atoms with Gasteiger partial charge in [-0.25, -0.2) is 0 Å². The van der Waals surface area contributed by atoms with Crippen LogP contribution in [0.15, 0.2) is 59.7 Å². The molecule has 2 aliphatic heterocycles. The Kier molecular flexibility index (Phi) is 5.41. The minimum atomic E-state index is -4.60. The standard InChI is InChI=1S/C21H15Cl2F3N2OS/c1-12-20(9-5-8-17(30-20)13-6-3-2-4-7-13)19(29)28(27-12)18-15(22)10-14(11-16(18)23)21(24,25)26/h2-8,10-11,17H,9H2,1H3. The number of rotatable bonds is 2. The van der Waals surface area contributed by atoms with Gasteiger partial charge in [0.15, 0.2) is 0 Å². The number of allylic oxidation sites excluding steroid dienone is 1. The Morgan fingerprint density at radius 2 is 1.80 bits per heavy atom. The molecule has 0 fully saturated rings. The summed E-state index contributed by atoms with van der Waals surface area (Å²) in [6.07, 6.45) is -0.215. The predicted molar refractivity (Wildman–Crippen MR) is 115 cm³/mol. The zero-order valence-corrected chi connectivity index (χ0v) is 17.9. The van der Waals surface area contributed by atoms with Crippen LogP contribution >= 0.6 is 35.0 Å². The van der Waals surface area contributed by atoms with Crippen LogP contribution < -0.4 is 5.01 Å². The molecule has 2 aliphatic rings. The molecule has 2 heterocycles. The number of halogens is 5. The summed E-state index contributed by atoms with van der Waals surface area (Å²) >= 11 is 13.7. The van der Waals surface area contributed by atoms with Crippen molar-refractivity contribution in [2.45, 2.75) is 29.5 Å². The van der Waals surface area contributed by atoms with Crippen LogP contribution in [0, 0.1) is 0 Å². The Balaban J connectivity index is 1.71. The average molecular weight is 471 g/mol. The molecule has 1 amide bonds. The van der Waals surface area contributed by atoms with Gasteiger partial charge in [0.1, 0.15) is 10.4 Å². The summed E-state index contributed by atoms with van der Waals surface area (Å²) in [5.74, 6) is -0.376. The molecule has 2 aromatic carbocycles. The van der Waals surface area contributed by atoms with E-state index in [0.29, 0.717) is 12.1 Å². The van der Waals surface area contributed by atoms with Crippen molar-refractivity contribution in [3.05, 3.63) is 75.8 Å². The monoisotopic (exact) mass is 470 g/mol. The summed E-state index contributed by atoms with van der Waals surface area (Å²) in [4.78, 5) is 13.5. The predicted octanol–water partition coefficient (Wildman–Crippen LogP) is 6.91. The molecule has 3 nitrogen and oxygen atoms in total. The van der Waals surface area contributed by atoms with Crippen molar-refractivity contribution in [3.63, 3.8) is 0 Å². The SMILES string of the molecule is CC1=NN(c2c(Cl)cc(C(F)(F)F)cc2Cl)C(=O)C12CC=CC(c1ccccc1)S2. The first-order valence-electron chi connectivity index (χ1n) is 8.99. The number of carbonyl (C=O) groups excluding carboxylic acids is 1. The second kappa shape index (κ2) is 7.62. The molecule has 9 heteroatoms. The van der Waals surface area contributed by atoms with Crippen molar-refractivity contribution < 1.29 is 18.0 Å². The highest BCUT2D eigenvalue weighted by Crippen LogP contribution is 2.51. The Morgan fingerprint density at radius 1 is 1.17 bits per heavy atom. The Bertz CT molecular complexity index is 1050. The molecule has 2 unspecified atom stereocenters. The lowest BCUT2D eigenvalue weighted by molar-refractivity contribution is -0.137. The fraction of sp³-hybridized carbons (Fsp3) is 0.238. The average Bonchev–Trinajstić information content (AvgIpc) is 2.92. The van der Waals surface area contributed by atoms with Crippen LogP contribution in [0.25, 0.3) is 0 Å². The molecule has 0 radical (unpaired) electrons. The lowest BCUT2D eigenvalue weighted by Crippen LogP contribution is -2.44. The topological polar surface area (TPSA) is 32.7 Å². The third kappa shape index (κ3) is 3.53. The molecule has 2 aromatic rings. The quantitative estimate of drug-likeness (QED) is 0.446. The molecule has 4 rings (SSSR count). The van der Waals surface area contributed by atoms with E-state index >= 15 is 0 Å². The summed E-state index contributed by atoms with van der Waals surface area (Å²) in [7, 11) is 0. The van der Waals surface area contributed by atoms with Crippen LogP contribution in [0.2, 0.25) is 10.0 Å². The Labute approximate surface area is 185 Å². The fourth-order valence-electron chi connectivity index (χ4n) is 3.54. The van der Waals surface area contributed by atoms with Gasteiger partial charge in [0, 0.05) is 5.25 Å². The molecule has 0 bridgehead atoms. The number of hydrogen-bond acceptors (Lipinski definition) is 3. The number of alkyl halides is 3. The van der Waals surface area contributed by atoms with Crippen molar-refractivity contribution in [2.75, 3.05) is 5.01 Å². The van der Waals surface area contributed by atoms with Crippen molar-refractivity contribution in [2.24, 2.45) is 5.10 Å². The van der Waals surface area contributed by atoms with Crippen molar-refractivity contribution in [3.8, 4) is 0 Å². The molecule has 0 N–H and O–H groups in total. The molecule has 156 valence electrons. The number of benzene rings is 2. The minimum Gasteiger partial charge on any atom is -0.270 e. The molecule has 0 aromatic heterocycles. The van der Waals surface area contributed by atoms with Gasteiger partial charge in [0.25, 0.3) is 5.91 Å². The summed E-state index contributed by atoms with van der Waals surface area (Å²) in [5, 5.41) is 4.76. The van der Waals surface area contributed by atoms with Gasteiger partial charge < -0.3 is 0 Å². The first kappa shape index (κ1) is 21.3. The second-order valence-corrected chi connectivity index (χ2v) is 9.25. The van der Waals surface area contributed by atoms with E-state index in [2.05, 4.69) is 5.10 Å². The normalized spacial score (nSPS) is 23.9. The zero-order chi connectivity index (χ0) is 21.7. The highest BCUT2D eigenvalue weighted by Gasteiger charge is 2.52. The smallest absolute Gasteiger partial charge is 0.270 e. The molecule has 30 heavy (non-hydrogen) atoms. The number of hydrogen-bond donors (Lipinski definition) is 0. The van der Waals surface area contributed by atoms with Gasteiger partial charge in [-0.2, -0.15) is 23.3 Å². The maximum Gasteiger partial charge on any atom is 0.416 e. The fourth-order valence-corrected chi connectivity index (χ4v) is 5.69. The van der Waals surface area contributed by atoms with Crippen LogP contribution in [0.4, 0.5) is 18.9 Å². The summed E-state index contributed by atoms with van der Waals surface area (Å²) < 4.78 is 38.2. The van der Waals surface area contributed by atoms with Crippen LogP contribution in [0.3, 0.4) is 0 Å². The highest BCUT2D eigenvalue weighted by molar-refractivity contribution is 8.02. The van der Waals surface area contributed by atoms with Crippen LogP contribution in [-0.4, -0.2) is 16.4 Å². The largest absolute Gasteiger partial charge is 0.416 e. The molecular weight excluding hydrogens is 456 g/mol. The van der Waals surface area contributed by atoms with E-state index in [0.717, 1.165) is 22.7 Å². The molecule has 1 spiro atoms. The maximum absolute atomic E-state index is 13.5. The van der Waals surface area contributed by atoms with Gasteiger partial charge in [-0.3, -0.25) is 4.79 Å². The van der Waals surface area contributed by atoms with Crippen LogP contribution in [0.1, 0.15) is 29.7 Å². The number of nitrogens with zero attached hydrogens (tertiary/aromatic N) is 2. The maximum atomic E-state index is 13.5. The number of thioether (sulfide) groups is 1. The van der Waals surface area contributed by atoms with E-state index in [-0.39, 0.29) is 26.9 Å². The van der Waals surface area contributed by atoms with Gasteiger partial charge in [-0.1, -0.05) is 65.7 Å². The Hall–Kier alpha value is -1.96. The van der Waals surface area contributed by atoms with Gasteiger partial charge in [-0.05, 0) is 31.0 Å². The summed E-state index contributed by atoms with van der Waals surface area (Å²) in [5.41, 5.74) is 0.568. The molecule has 0 saturated carbocycles. The van der Waals surface area contributed by atoms with E-state index in [1.54, 1.807) is 6.92 Å². The molecule has 2 atom stereocenters. The van der Waals surface area contributed by atoms with Crippen LogP contribution in [0.5, 0.6) is 0 Å². The summed E-state index contributed by atoms with van der Waals surface area (Å²) in [6, 6.07) is 11.2. The van der Waals surface area contributed by atoms with E-state index in [1.807, 2.05) is 42.5 Å². The third-order valence-corrected chi connectivity index (χ3v) is 7.40. The number of anilines is 1. The van der Waals surface area contributed by atoms with Crippen molar-refractivity contribution in [1.82, 2.24) is 0 Å². The van der Waals surface area contributed by atoms with E-state index < -0.39 is 16.5 Å². The van der Waals surface area contributed by atoms with E-state index in [9.17, 15) is 18.0 Å². The molecule has 0 saturated heterocycles. The lowest BCUT2D eigenvalue weighted by Gasteiger charge is -2.33. The third-order valence-electron chi connectivity index (χ3n) is 5.10. The van der Waals surface area contributed by atoms with Gasteiger partial charge in [0.2, 0.25) is 0 Å². The van der Waals surface area contributed by atoms with E-state index in [4.69, 9.17) is 23.2 Å². The number of carbonyl (C=O) groups is 1. The second-order valence-electron chi connectivity index (χ2n) is 7.00. The van der Waals surface area contributed by atoms with Gasteiger partial charge in [0.05, 0.1) is 21.3 Å². The Morgan fingerprint density at radius 3 is 2.40 bits per heavy atom. The molecule has 0 aliphatic carbocycles. The highest BCUT2D eigenvalue weighted by atomic mass is 35.5. The van der Waals surface area contributed by atoms with Gasteiger partial charge >= 0.3 is 6.18 Å².